The number of nitrogens with two attached hydrogens (primary N) is 2. The molecule has 32 nitrogen and oxygen atoms in total. The van der Waals surface area contributed by atoms with Gasteiger partial charge in [-0.05, 0) is 215 Å². The molecular weight excluding hydrogens is 1920 g/mol. The predicted molar refractivity (Wildman–Crippen MR) is 581 cm³/mol. The van der Waals surface area contributed by atoms with Gasteiger partial charge in [-0.3, -0.25) is 14.7 Å². The molecule has 2 saturated heterocycles. The van der Waals surface area contributed by atoms with Crippen LogP contribution in [0.1, 0.15) is 104 Å². The maximum atomic E-state index is 14.0. The summed E-state index contributed by atoms with van der Waals surface area (Å²) in [4.78, 5) is 70.4. The van der Waals surface area contributed by atoms with Crippen LogP contribution in [0.5, 0.6) is 51.7 Å². The van der Waals surface area contributed by atoms with E-state index in [1.54, 1.807) is 97.4 Å². The Labute approximate surface area is 870 Å². The van der Waals surface area contributed by atoms with Crippen LogP contribution in [0, 0.1) is 62.7 Å². The van der Waals surface area contributed by atoms with E-state index in [0.29, 0.717) is 121 Å². The van der Waals surface area contributed by atoms with Crippen molar-refractivity contribution in [2.45, 2.75) is 78.8 Å². The van der Waals surface area contributed by atoms with Crippen molar-refractivity contribution >= 4 is 118 Å². The van der Waals surface area contributed by atoms with Gasteiger partial charge >= 0.3 is 6.18 Å². The lowest BCUT2D eigenvalue weighted by atomic mass is 10.0. The molecule has 149 heavy (non-hydrogen) atoms. The number of halogens is 4. The molecular formula is C113H122ClF3N22O10. The number of nitriles is 1. The number of aryl methyl sites for hydroxylation is 4. The van der Waals surface area contributed by atoms with Gasteiger partial charge in [0.1, 0.15) is 64.6 Å². The monoisotopic (exact) mass is 2040 g/mol. The van der Waals surface area contributed by atoms with Crippen molar-refractivity contribution in [1.82, 2.24) is 75.1 Å². The highest BCUT2D eigenvalue weighted by Crippen LogP contribution is 2.43. The molecule has 3 aliphatic rings. The summed E-state index contributed by atoms with van der Waals surface area (Å²) in [6, 6.07) is 55.7. The van der Waals surface area contributed by atoms with Crippen LogP contribution in [0.3, 0.4) is 0 Å². The van der Waals surface area contributed by atoms with E-state index in [0.717, 1.165) is 171 Å². The summed E-state index contributed by atoms with van der Waals surface area (Å²) >= 11 is 6.19. The number of methoxy groups -OCH3 is 8. The molecule has 15 aromatic rings. The fourth-order valence-electron chi connectivity index (χ4n) is 16.9. The molecule has 1 amide bonds. The minimum absolute atomic E-state index is 0.00345. The van der Waals surface area contributed by atoms with Gasteiger partial charge in [0.25, 0.3) is 5.91 Å². The van der Waals surface area contributed by atoms with Crippen molar-refractivity contribution < 1.29 is 60.6 Å². The van der Waals surface area contributed by atoms with E-state index in [1.165, 1.54) is 20.3 Å². The van der Waals surface area contributed by atoms with E-state index in [1.807, 2.05) is 181 Å². The molecule has 772 valence electrons. The van der Waals surface area contributed by atoms with E-state index in [4.69, 9.17) is 75.9 Å². The van der Waals surface area contributed by atoms with Crippen LogP contribution in [0.4, 0.5) is 53.8 Å². The van der Waals surface area contributed by atoms with Crippen molar-refractivity contribution in [3.63, 3.8) is 0 Å². The molecule has 0 saturated carbocycles. The lowest BCUT2D eigenvalue weighted by Gasteiger charge is -2.33. The Bertz CT molecular complexity index is 7590. The summed E-state index contributed by atoms with van der Waals surface area (Å²) < 4.78 is 90.6. The smallest absolute Gasteiger partial charge is 0.416 e. The quantitative estimate of drug-likeness (QED) is 0.0351. The normalized spacial score (nSPS) is 13.6. The van der Waals surface area contributed by atoms with Gasteiger partial charge in [0, 0.05) is 173 Å². The summed E-state index contributed by atoms with van der Waals surface area (Å²) in [6.07, 6.45) is -1.65. The first kappa shape index (κ1) is 108. The zero-order valence-corrected chi connectivity index (χ0v) is 88.0. The standard InChI is InChI=1S/C30H29ClN4O2.C24H24N4O2.C23H27F3N6O2.C19H18N4O2.C17H24N4O2/c1-20-4-7-23(30(36)34-18-21-5-11-26(12-6-21)37-15-14-35(2)3)16-22(20)9-13-27-28-17-25(31)10-8-24(28)19-33-29(27)32;1-15-26-19(18-12-21(29-4)22(30-5)13-20(18)27-15)11-8-16-6-9-17(10-7-16)23-25-14-24(2,3)28-23;1-31-6-8-32(9-7-31)13-14-4-5-15(10-17(14)23(24,25)26)28-21-16-11-19(33-2)20(34-3)12-18(16)29-22(27)30-21;1-12-21-16-10-18(25-4)17(24-3)9-15(16)19(22-12)23(2)14-7-5-13(11-20)6-8-14;1-11-18-14-9-16(23-5)15(22-4)8-13(14)17(19-11)21-7-6-12(10-21)20(2)3/h4-8,10-12,16-17,19H,14-15,18H2,1-3H3,(H2,32,33)(H,34,36);6-7,9-10,12-13H,14H2,1-5H3,(H,25,28);4-5,10-12H,6-9,13H2,1-3H3,(H3,27,28,29,30);5-10H,1-4H3;8-9,12H,6-7,10H2,1-5H3/t;;;;12-/m....1/s1. The third kappa shape index (κ3) is 27.3. The topological polar surface area (TPSA) is 360 Å². The average molecular weight is 2040 g/mol. The molecule has 8 heterocycles. The number of nitrogen functional groups attached to an aromatic ring is 2. The van der Waals surface area contributed by atoms with Crippen LogP contribution < -0.4 is 79.8 Å². The number of hydrogen-bond donors (Lipinski definition) is 5. The zero-order valence-electron chi connectivity index (χ0n) is 87.2. The summed E-state index contributed by atoms with van der Waals surface area (Å²) in [5.74, 6) is 23.5. The number of amidine groups is 1. The number of ether oxygens (including phenoxy) is 9. The van der Waals surface area contributed by atoms with E-state index in [9.17, 15) is 18.0 Å². The Morgan fingerprint density at radius 1 is 0.584 bits per heavy atom. The Hall–Kier alpha value is -16.4. The Balaban J connectivity index is 0.000000148. The van der Waals surface area contributed by atoms with Crippen LogP contribution >= 0.6 is 11.6 Å². The Morgan fingerprint density at radius 3 is 1.74 bits per heavy atom. The number of carbonyl (C=O) groups is 1. The third-order valence-corrected chi connectivity index (χ3v) is 25.4. The van der Waals surface area contributed by atoms with Gasteiger partial charge in [-0.15, -0.1) is 0 Å². The lowest BCUT2D eigenvalue weighted by Crippen LogP contribution is -2.44. The fourth-order valence-corrected chi connectivity index (χ4v) is 17.1. The van der Waals surface area contributed by atoms with E-state index >= 15 is 0 Å². The van der Waals surface area contributed by atoms with Crippen LogP contribution in [-0.4, -0.2) is 246 Å². The molecule has 0 spiro atoms. The number of nitrogens with one attached hydrogen (secondary N) is 3. The number of carbonyl (C=O) groups excluding carboxylic acids is 1. The number of aliphatic imine (C=N–C) groups is 1. The number of rotatable bonds is 24. The molecule has 0 radical (unpaired) electrons. The highest BCUT2D eigenvalue weighted by Gasteiger charge is 2.36. The SMILES string of the molecule is COc1cc2nc(C)nc(C#Cc3ccc(C4=NCC(C)(C)N4)cc3)c2cc1OC.COc1cc2nc(C)nc(N(C)c3ccc(C#N)cc3)c2cc1OC.COc1cc2nc(C)nc(N3CC[C@@H](N(C)C)C3)c2cc1OC.COc1cc2nc(N)nc(Nc3ccc(CN4CCN(C)CC4)c(C(F)(F)F)c3)c2cc1OC.Cc1ccc(C(=O)NCc2ccc(OCCN(C)C)cc2)cc1C#Cc1c(N)ncc2ccc(Cl)cc12. The van der Waals surface area contributed by atoms with Gasteiger partial charge in [0.05, 0.1) is 114 Å². The number of fused-ring (bicyclic) bond motifs is 5. The van der Waals surface area contributed by atoms with Crippen LogP contribution in [0.2, 0.25) is 5.02 Å². The van der Waals surface area contributed by atoms with Crippen molar-refractivity contribution in [2.75, 3.05) is 185 Å². The van der Waals surface area contributed by atoms with Crippen molar-refractivity contribution in [1.29, 1.82) is 5.26 Å². The number of amides is 1. The second-order valence-electron chi connectivity index (χ2n) is 36.8. The first-order chi connectivity index (χ1) is 71.4. The van der Waals surface area contributed by atoms with Crippen molar-refractivity contribution in [3.8, 4) is 81.5 Å². The average Bonchev–Trinajstić information content (AvgIpc) is 1.36. The Kier molecular flexibility index (Phi) is 35.5. The number of nitrogens with zero attached hydrogens (tertiary/aromatic N) is 17. The molecule has 3 aliphatic heterocycles. The summed E-state index contributed by atoms with van der Waals surface area (Å²) in [7, 11) is 24.9. The molecule has 0 aliphatic carbocycles. The maximum Gasteiger partial charge on any atom is 0.416 e. The van der Waals surface area contributed by atoms with E-state index in [-0.39, 0.29) is 41.0 Å². The number of pyridine rings is 1. The largest absolute Gasteiger partial charge is 0.493 e. The number of likely N-dealkylation sites (N-methyl/N-ethyl adjacent to an activating group) is 3. The van der Waals surface area contributed by atoms with Gasteiger partial charge in [0.2, 0.25) is 5.95 Å². The first-order valence-electron chi connectivity index (χ1n) is 48.0. The number of benzene rings is 10. The summed E-state index contributed by atoms with van der Waals surface area (Å²) in [5, 5.41) is 23.9. The maximum absolute atomic E-state index is 14.0. The van der Waals surface area contributed by atoms with Gasteiger partial charge in [-0.25, -0.2) is 39.9 Å². The van der Waals surface area contributed by atoms with Crippen LogP contribution in [0.15, 0.2) is 187 Å². The molecule has 1 atom stereocenters. The van der Waals surface area contributed by atoms with Crippen LogP contribution in [0.25, 0.3) is 54.4 Å². The highest BCUT2D eigenvalue weighted by molar-refractivity contribution is 6.31. The molecule has 2 fully saturated rings. The number of alkyl halides is 3. The number of anilines is 7. The number of hydrogen-bond acceptors (Lipinski definition) is 31. The fraction of sp³-hybridized carbons (Fsp3) is 0.310. The molecule has 18 rings (SSSR count). The van der Waals surface area contributed by atoms with Crippen molar-refractivity contribution in [3.05, 3.63) is 266 Å². The number of piperazine rings is 1. The molecule has 36 heteroatoms. The van der Waals surface area contributed by atoms with Gasteiger partial charge in [0.15, 0.2) is 46.0 Å². The second-order valence-corrected chi connectivity index (χ2v) is 37.2. The zero-order chi connectivity index (χ0) is 107. The van der Waals surface area contributed by atoms with Crippen molar-refractivity contribution in [2.24, 2.45) is 4.99 Å². The predicted octanol–water partition coefficient (Wildman–Crippen LogP) is 18.0. The Morgan fingerprint density at radius 2 is 1.15 bits per heavy atom. The van der Waals surface area contributed by atoms with E-state index < -0.39 is 11.7 Å². The van der Waals surface area contributed by atoms with Crippen LogP contribution in [-0.2, 0) is 19.3 Å². The molecule has 0 unspecified atom stereocenters. The summed E-state index contributed by atoms with van der Waals surface area (Å²) in [5.41, 5.74) is 22.7. The minimum Gasteiger partial charge on any atom is -0.493 e. The van der Waals surface area contributed by atoms with E-state index in [2.05, 4.69) is 138 Å². The minimum atomic E-state index is -4.50. The van der Waals surface area contributed by atoms with Gasteiger partial charge < -0.3 is 94.5 Å². The summed E-state index contributed by atoms with van der Waals surface area (Å²) in [6.45, 7) is 19.9. The molecule has 5 aromatic heterocycles. The molecule has 7 N–H and O–H groups in total. The van der Waals surface area contributed by atoms with Gasteiger partial charge in [-0.2, -0.15) is 23.4 Å². The number of aromatic nitrogens is 9. The lowest BCUT2D eigenvalue weighted by molar-refractivity contribution is -0.138. The molecule has 10 aromatic carbocycles. The van der Waals surface area contributed by atoms with Gasteiger partial charge in [-0.1, -0.05) is 71.8 Å². The molecule has 0 bridgehead atoms. The second kappa shape index (κ2) is 48.8. The third-order valence-electron chi connectivity index (χ3n) is 25.1. The highest BCUT2D eigenvalue weighted by atomic mass is 35.5. The first-order valence-corrected chi connectivity index (χ1v) is 48.3.